The van der Waals surface area contributed by atoms with Gasteiger partial charge in [0.05, 0.1) is 5.56 Å². The molecule has 6 heteroatoms. The Labute approximate surface area is 142 Å². The van der Waals surface area contributed by atoms with Gasteiger partial charge in [0, 0.05) is 19.2 Å². The number of nitrogens with one attached hydrogen (secondary N) is 1. The fourth-order valence-electron chi connectivity index (χ4n) is 2.52. The molecule has 0 aliphatic rings. The van der Waals surface area contributed by atoms with E-state index in [0.717, 1.165) is 0 Å². The van der Waals surface area contributed by atoms with Gasteiger partial charge in [-0.1, -0.05) is 13.8 Å². The van der Waals surface area contributed by atoms with Crippen molar-refractivity contribution in [3.63, 3.8) is 0 Å². The lowest BCUT2D eigenvalue weighted by molar-refractivity contribution is -0.140. The zero-order chi connectivity index (χ0) is 18.3. The van der Waals surface area contributed by atoms with Crippen molar-refractivity contribution in [2.24, 2.45) is 5.92 Å². The van der Waals surface area contributed by atoms with E-state index in [-0.39, 0.29) is 23.1 Å². The van der Waals surface area contributed by atoms with Crippen LogP contribution in [0.15, 0.2) is 18.2 Å². The minimum Gasteiger partial charge on any atom is -0.425 e. The molecule has 1 aromatic carbocycles. The van der Waals surface area contributed by atoms with Crippen LogP contribution in [0.25, 0.3) is 0 Å². The number of hydrogen-bond donors (Lipinski definition) is 1. The summed E-state index contributed by atoms with van der Waals surface area (Å²) in [6.45, 7) is 9.32. The van der Waals surface area contributed by atoms with E-state index in [1.807, 2.05) is 26.8 Å². The second kappa shape index (κ2) is 8.46. The number of carbonyl (C=O) groups excluding carboxylic acids is 2. The SMILES string of the molecule is CCOC(C)(CC(C)C)C(=O)Nc1ccc(OC(C)=O)c(C#N)c1. The number of anilines is 1. The normalized spacial score (nSPS) is 13.0. The number of carbonyl (C=O) groups is 2. The van der Waals surface area contributed by atoms with Gasteiger partial charge in [-0.05, 0) is 44.4 Å². The second-order valence-electron chi connectivity index (χ2n) is 6.13. The van der Waals surface area contributed by atoms with Gasteiger partial charge >= 0.3 is 5.97 Å². The number of hydrogen-bond acceptors (Lipinski definition) is 5. The maximum atomic E-state index is 12.6. The van der Waals surface area contributed by atoms with Crippen LogP contribution in [0.3, 0.4) is 0 Å². The maximum absolute atomic E-state index is 12.6. The molecule has 130 valence electrons. The summed E-state index contributed by atoms with van der Waals surface area (Å²) in [6, 6.07) is 6.49. The molecule has 0 fully saturated rings. The molecule has 6 nitrogen and oxygen atoms in total. The molecule has 1 N–H and O–H groups in total. The molecule has 1 amide bonds. The molecule has 1 aromatic rings. The van der Waals surface area contributed by atoms with E-state index in [9.17, 15) is 14.9 Å². The fourth-order valence-corrected chi connectivity index (χ4v) is 2.52. The molecular weight excluding hydrogens is 308 g/mol. The van der Waals surface area contributed by atoms with E-state index in [4.69, 9.17) is 9.47 Å². The molecule has 0 saturated heterocycles. The lowest BCUT2D eigenvalue weighted by atomic mass is 9.93. The third-order valence-electron chi connectivity index (χ3n) is 3.35. The first kappa shape index (κ1) is 19.7. The third-order valence-corrected chi connectivity index (χ3v) is 3.35. The third kappa shape index (κ3) is 5.36. The van der Waals surface area contributed by atoms with Gasteiger partial charge in [0.15, 0.2) is 0 Å². The van der Waals surface area contributed by atoms with E-state index in [1.54, 1.807) is 13.0 Å². The largest absolute Gasteiger partial charge is 0.425 e. The van der Waals surface area contributed by atoms with E-state index in [0.29, 0.717) is 18.7 Å². The van der Waals surface area contributed by atoms with Gasteiger partial charge in [0.1, 0.15) is 17.4 Å². The van der Waals surface area contributed by atoms with Gasteiger partial charge in [0.2, 0.25) is 0 Å². The maximum Gasteiger partial charge on any atom is 0.308 e. The minimum absolute atomic E-state index is 0.165. The fraction of sp³-hybridized carbons (Fsp3) is 0.500. The van der Waals surface area contributed by atoms with E-state index < -0.39 is 11.6 Å². The lowest BCUT2D eigenvalue weighted by Gasteiger charge is -2.30. The molecule has 24 heavy (non-hydrogen) atoms. The highest BCUT2D eigenvalue weighted by Crippen LogP contribution is 2.26. The minimum atomic E-state index is -0.954. The molecule has 0 spiro atoms. The number of benzene rings is 1. The summed E-state index contributed by atoms with van der Waals surface area (Å²) >= 11 is 0. The Morgan fingerprint density at radius 1 is 1.38 bits per heavy atom. The van der Waals surface area contributed by atoms with Gasteiger partial charge in [-0.3, -0.25) is 9.59 Å². The Morgan fingerprint density at radius 2 is 2.04 bits per heavy atom. The predicted molar refractivity (Wildman–Crippen MR) is 90.6 cm³/mol. The Balaban J connectivity index is 3.00. The van der Waals surface area contributed by atoms with Crippen LogP contribution >= 0.6 is 0 Å². The van der Waals surface area contributed by atoms with Crippen LogP contribution in [0.1, 0.15) is 46.6 Å². The number of ether oxygens (including phenoxy) is 2. The summed E-state index contributed by atoms with van der Waals surface area (Å²) in [4.78, 5) is 23.6. The van der Waals surface area contributed by atoms with Crippen molar-refractivity contribution in [2.45, 2.75) is 46.6 Å². The van der Waals surface area contributed by atoms with Crippen molar-refractivity contribution in [3.8, 4) is 11.8 Å². The summed E-state index contributed by atoms with van der Waals surface area (Å²) in [5, 5.41) is 11.9. The van der Waals surface area contributed by atoms with Crippen LogP contribution in [-0.2, 0) is 14.3 Å². The van der Waals surface area contributed by atoms with Crippen molar-refractivity contribution >= 4 is 17.6 Å². The summed E-state index contributed by atoms with van der Waals surface area (Å²) in [5.41, 5.74) is -0.336. The highest BCUT2D eigenvalue weighted by Gasteiger charge is 2.34. The molecule has 1 unspecified atom stereocenters. The summed E-state index contributed by atoms with van der Waals surface area (Å²) in [6.07, 6.45) is 0.573. The Morgan fingerprint density at radius 3 is 2.54 bits per heavy atom. The van der Waals surface area contributed by atoms with Crippen LogP contribution < -0.4 is 10.1 Å². The quantitative estimate of drug-likeness (QED) is 0.611. The number of amides is 1. The molecule has 0 heterocycles. The first-order valence-electron chi connectivity index (χ1n) is 7.89. The van der Waals surface area contributed by atoms with Gasteiger partial charge in [-0.15, -0.1) is 0 Å². The standard InChI is InChI=1S/C18H24N2O4/c1-6-23-18(5,10-12(2)3)17(22)20-15-7-8-16(24-13(4)21)14(9-15)11-19/h7-9,12H,6,10H2,1-5H3,(H,20,22). The van der Waals surface area contributed by atoms with Crippen molar-refractivity contribution in [1.82, 2.24) is 0 Å². The Kier molecular flexibility index (Phi) is 6.93. The van der Waals surface area contributed by atoms with Gasteiger partial charge < -0.3 is 14.8 Å². The monoisotopic (exact) mass is 332 g/mol. The number of esters is 1. The lowest BCUT2D eigenvalue weighted by Crippen LogP contribution is -2.44. The van der Waals surface area contributed by atoms with Gasteiger partial charge in [-0.25, -0.2) is 0 Å². The van der Waals surface area contributed by atoms with Crippen molar-refractivity contribution in [2.75, 3.05) is 11.9 Å². The van der Waals surface area contributed by atoms with Crippen LogP contribution in [0.5, 0.6) is 5.75 Å². The second-order valence-corrected chi connectivity index (χ2v) is 6.13. The molecule has 0 saturated carbocycles. The van der Waals surface area contributed by atoms with Crippen LogP contribution in [0.2, 0.25) is 0 Å². The molecule has 0 radical (unpaired) electrons. The van der Waals surface area contributed by atoms with Crippen molar-refractivity contribution < 1.29 is 19.1 Å². The van der Waals surface area contributed by atoms with E-state index in [2.05, 4.69) is 5.32 Å². The van der Waals surface area contributed by atoms with Crippen LogP contribution in [-0.4, -0.2) is 24.1 Å². The van der Waals surface area contributed by atoms with Gasteiger partial charge in [0.25, 0.3) is 5.91 Å². The molecule has 0 aromatic heterocycles. The van der Waals surface area contributed by atoms with E-state index >= 15 is 0 Å². The Bertz CT molecular complexity index is 649. The highest BCUT2D eigenvalue weighted by molar-refractivity contribution is 5.97. The van der Waals surface area contributed by atoms with Crippen molar-refractivity contribution in [3.05, 3.63) is 23.8 Å². The number of rotatable bonds is 7. The summed E-state index contributed by atoms with van der Waals surface area (Å²) in [7, 11) is 0. The summed E-state index contributed by atoms with van der Waals surface area (Å²) < 4.78 is 10.6. The van der Waals surface area contributed by atoms with Crippen LogP contribution in [0, 0.1) is 17.2 Å². The average Bonchev–Trinajstić information content (AvgIpc) is 2.47. The zero-order valence-electron chi connectivity index (χ0n) is 14.8. The highest BCUT2D eigenvalue weighted by atomic mass is 16.5. The Hall–Kier alpha value is -2.39. The smallest absolute Gasteiger partial charge is 0.308 e. The topological polar surface area (TPSA) is 88.4 Å². The zero-order valence-corrected chi connectivity index (χ0v) is 14.8. The molecular formula is C18H24N2O4. The average molecular weight is 332 g/mol. The molecule has 0 aliphatic carbocycles. The first-order chi connectivity index (χ1) is 11.2. The number of nitriles is 1. The first-order valence-corrected chi connectivity index (χ1v) is 7.89. The van der Waals surface area contributed by atoms with Crippen LogP contribution in [0.4, 0.5) is 5.69 Å². The van der Waals surface area contributed by atoms with Gasteiger partial charge in [-0.2, -0.15) is 5.26 Å². The molecule has 0 bridgehead atoms. The molecule has 0 aliphatic heterocycles. The van der Waals surface area contributed by atoms with Crippen molar-refractivity contribution in [1.29, 1.82) is 5.26 Å². The molecule has 1 atom stereocenters. The predicted octanol–water partition coefficient (Wildman–Crippen LogP) is 3.26. The summed E-state index contributed by atoms with van der Waals surface area (Å²) in [5.74, 6) is -0.336. The molecule has 1 rings (SSSR count). The number of nitrogens with zero attached hydrogens (tertiary/aromatic N) is 1. The van der Waals surface area contributed by atoms with E-state index in [1.165, 1.54) is 19.1 Å².